The molecule has 10 heteroatoms. The Bertz CT molecular complexity index is 1440. The number of piperidine rings is 1. The van der Waals surface area contributed by atoms with Gasteiger partial charge in [0, 0.05) is 24.2 Å². The molecule has 38 heavy (non-hydrogen) atoms. The van der Waals surface area contributed by atoms with E-state index in [1.807, 2.05) is 38.1 Å². The minimum absolute atomic E-state index is 0.104. The van der Waals surface area contributed by atoms with Gasteiger partial charge in [-0.15, -0.1) is 0 Å². The maximum absolute atomic E-state index is 13.3. The second-order valence-corrected chi connectivity index (χ2v) is 9.55. The van der Waals surface area contributed by atoms with E-state index in [1.165, 1.54) is 11.0 Å². The molecule has 3 amide bonds. The van der Waals surface area contributed by atoms with Crippen LogP contribution in [0.25, 0.3) is 0 Å². The fourth-order valence-electron chi connectivity index (χ4n) is 5.04. The monoisotopic (exact) mass is 516 g/mol. The first-order valence-electron chi connectivity index (χ1n) is 12.4. The van der Waals surface area contributed by atoms with Crippen LogP contribution < -0.4 is 14.8 Å². The van der Waals surface area contributed by atoms with E-state index in [0.29, 0.717) is 11.3 Å². The Hall–Kier alpha value is -4.47. The number of carbonyl (C=O) groups is 4. The Morgan fingerprint density at radius 2 is 1.74 bits per heavy atom. The van der Waals surface area contributed by atoms with Crippen molar-refractivity contribution in [1.82, 2.24) is 19.8 Å². The first kappa shape index (κ1) is 25.2. The summed E-state index contributed by atoms with van der Waals surface area (Å²) in [4.78, 5) is 54.3. The molecule has 2 aliphatic heterocycles. The van der Waals surface area contributed by atoms with Gasteiger partial charge in [-0.1, -0.05) is 24.3 Å². The van der Waals surface area contributed by atoms with Gasteiger partial charge in [-0.2, -0.15) is 0 Å². The smallest absolute Gasteiger partial charge is 0.298 e. The Morgan fingerprint density at radius 1 is 1.03 bits per heavy atom. The second-order valence-electron chi connectivity index (χ2n) is 9.55. The number of aryl methyl sites for hydroxylation is 2. The summed E-state index contributed by atoms with van der Waals surface area (Å²) in [6, 6.07) is 10.5. The number of hydrogen-bond donors (Lipinski definition) is 1. The summed E-state index contributed by atoms with van der Waals surface area (Å²) in [7, 11) is 0. The highest BCUT2D eigenvalue weighted by Crippen LogP contribution is 2.39. The van der Waals surface area contributed by atoms with Gasteiger partial charge in [-0.25, -0.2) is 4.98 Å². The standard InChI is InChI=1S/C28H28N4O6/c1-16-17(2)31(18(3)29-16)12-19-4-6-20(7-5-19)14-37-23-9-10-24(38-15-33)26-21(23)13-32(28(26)36)22-8-11-25(34)30-27(22)35/h4-7,9-10,15,22H,8,11-14H2,1-3H3,(H,30,34,35). The first-order valence-corrected chi connectivity index (χ1v) is 12.4. The van der Waals surface area contributed by atoms with Crippen LogP contribution in [0.5, 0.6) is 11.5 Å². The lowest BCUT2D eigenvalue weighted by Gasteiger charge is -2.29. The second kappa shape index (κ2) is 10.1. The molecule has 196 valence electrons. The molecule has 1 atom stereocenters. The number of amides is 3. The van der Waals surface area contributed by atoms with Gasteiger partial charge in [0.25, 0.3) is 12.4 Å². The van der Waals surface area contributed by atoms with E-state index in [9.17, 15) is 19.2 Å². The zero-order chi connectivity index (χ0) is 27.0. The lowest BCUT2D eigenvalue weighted by Crippen LogP contribution is -2.52. The summed E-state index contributed by atoms with van der Waals surface area (Å²) >= 11 is 0. The predicted molar refractivity (Wildman–Crippen MR) is 135 cm³/mol. The summed E-state index contributed by atoms with van der Waals surface area (Å²) in [5.41, 5.74) is 4.98. The molecule has 3 heterocycles. The third kappa shape index (κ3) is 4.65. The Balaban J connectivity index is 1.33. The van der Waals surface area contributed by atoms with E-state index < -0.39 is 17.9 Å². The zero-order valence-electron chi connectivity index (χ0n) is 21.4. The molecule has 0 spiro atoms. The van der Waals surface area contributed by atoms with Crippen LogP contribution in [0.4, 0.5) is 0 Å². The highest BCUT2D eigenvalue weighted by molar-refractivity contribution is 6.07. The van der Waals surface area contributed by atoms with E-state index in [-0.39, 0.29) is 49.7 Å². The topological polar surface area (TPSA) is 120 Å². The predicted octanol–water partition coefficient (Wildman–Crippen LogP) is 2.73. The normalized spacial score (nSPS) is 16.9. The maximum atomic E-state index is 13.3. The van der Waals surface area contributed by atoms with Crippen molar-refractivity contribution in [3.05, 3.63) is 75.9 Å². The van der Waals surface area contributed by atoms with Crippen molar-refractivity contribution in [1.29, 1.82) is 0 Å². The molecule has 1 fully saturated rings. The minimum atomic E-state index is -0.788. The molecule has 1 aromatic heterocycles. The van der Waals surface area contributed by atoms with Crippen LogP contribution in [-0.4, -0.2) is 44.7 Å². The molecule has 0 bridgehead atoms. The average Bonchev–Trinajstić information content (AvgIpc) is 3.35. The fraction of sp³-hybridized carbons (Fsp3) is 0.321. The van der Waals surface area contributed by atoms with E-state index in [0.717, 1.165) is 34.9 Å². The van der Waals surface area contributed by atoms with Crippen LogP contribution in [-0.2, 0) is 34.1 Å². The SMILES string of the molecule is Cc1nc(C)n(Cc2ccc(COc3ccc(OC=O)c4c3CN(C3CCC(=O)NC3=O)C4=O)cc2)c1C. The van der Waals surface area contributed by atoms with Gasteiger partial charge < -0.3 is 18.9 Å². The number of nitrogens with zero attached hydrogens (tertiary/aromatic N) is 3. The summed E-state index contributed by atoms with van der Waals surface area (Å²) in [6.45, 7) is 7.41. The molecule has 1 unspecified atom stereocenters. The summed E-state index contributed by atoms with van der Waals surface area (Å²) in [5.74, 6) is 0.225. The number of fused-ring (bicyclic) bond motifs is 1. The number of ether oxygens (including phenoxy) is 2. The van der Waals surface area contributed by atoms with Crippen LogP contribution in [0.2, 0.25) is 0 Å². The van der Waals surface area contributed by atoms with Gasteiger partial charge in [0.1, 0.15) is 30.0 Å². The average molecular weight is 517 g/mol. The third-order valence-electron chi connectivity index (χ3n) is 7.20. The van der Waals surface area contributed by atoms with Crippen LogP contribution in [0.1, 0.15) is 57.1 Å². The first-order chi connectivity index (χ1) is 18.3. The molecule has 1 N–H and O–H groups in total. The van der Waals surface area contributed by atoms with Gasteiger partial charge >= 0.3 is 0 Å². The number of carbonyl (C=O) groups excluding carboxylic acids is 4. The highest BCUT2D eigenvalue weighted by atomic mass is 16.5. The quantitative estimate of drug-likeness (QED) is 0.361. The number of hydrogen-bond acceptors (Lipinski definition) is 7. The number of imidazole rings is 1. The van der Waals surface area contributed by atoms with Crippen LogP contribution in [0.15, 0.2) is 36.4 Å². The summed E-state index contributed by atoms with van der Waals surface area (Å²) < 4.78 is 13.3. The van der Waals surface area contributed by atoms with Crippen LogP contribution in [0, 0.1) is 20.8 Å². The molecule has 0 radical (unpaired) electrons. The molecule has 0 saturated carbocycles. The maximum Gasteiger partial charge on any atom is 0.298 e. The number of imide groups is 1. The van der Waals surface area contributed by atoms with Gasteiger partial charge in [-0.3, -0.25) is 24.5 Å². The lowest BCUT2D eigenvalue weighted by atomic mass is 10.0. The zero-order valence-corrected chi connectivity index (χ0v) is 21.4. The van der Waals surface area contributed by atoms with E-state index in [4.69, 9.17) is 9.47 Å². The summed E-state index contributed by atoms with van der Waals surface area (Å²) in [5, 5.41) is 2.29. The number of rotatable bonds is 8. The van der Waals surface area contributed by atoms with E-state index >= 15 is 0 Å². The fourth-order valence-corrected chi connectivity index (χ4v) is 5.04. The molecule has 2 aromatic carbocycles. The van der Waals surface area contributed by atoms with Gasteiger partial charge in [0.05, 0.1) is 17.8 Å². The van der Waals surface area contributed by atoms with Crippen molar-refractivity contribution < 1.29 is 28.7 Å². The molecular weight excluding hydrogens is 488 g/mol. The molecule has 0 aliphatic carbocycles. The Kier molecular flexibility index (Phi) is 6.71. The minimum Gasteiger partial charge on any atom is -0.489 e. The molecule has 10 nitrogen and oxygen atoms in total. The van der Waals surface area contributed by atoms with Crippen molar-refractivity contribution in [2.24, 2.45) is 0 Å². The van der Waals surface area contributed by atoms with Crippen molar-refractivity contribution in [2.75, 3.05) is 0 Å². The van der Waals surface area contributed by atoms with Gasteiger partial charge in [-0.05, 0) is 50.5 Å². The largest absolute Gasteiger partial charge is 0.489 e. The number of benzene rings is 2. The number of nitrogens with one attached hydrogen (secondary N) is 1. The molecule has 1 saturated heterocycles. The Labute approximate surface area is 219 Å². The Morgan fingerprint density at radius 3 is 2.39 bits per heavy atom. The van der Waals surface area contributed by atoms with E-state index in [2.05, 4.69) is 21.8 Å². The van der Waals surface area contributed by atoms with E-state index in [1.54, 1.807) is 6.07 Å². The highest BCUT2D eigenvalue weighted by Gasteiger charge is 2.42. The van der Waals surface area contributed by atoms with Gasteiger partial charge in [0.2, 0.25) is 11.8 Å². The van der Waals surface area contributed by atoms with Crippen LogP contribution in [0.3, 0.4) is 0 Å². The molecule has 2 aliphatic rings. The van der Waals surface area contributed by atoms with Crippen LogP contribution >= 0.6 is 0 Å². The summed E-state index contributed by atoms with van der Waals surface area (Å²) in [6.07, 6.45) is 0.377. The van der Waals surface area contributed by atoms with Crippen molar-refractivity contribution in [3.63, 3.8) is 0 Å². The third-order valence-corrected chi connectivity index (χ3v) is 7.20. The van der Waals surface area contributed by atoms with Gasteiger partial charge in [0.15, 0.2) is 0 Å². The lowest BCUT2D eigenvalue weighted by molar-refractivity contribution is -0.137. The molecular formula is C28H28N4O6. The number of aromatic nitrogens is 2. The van der Waals surface area contributed by atoms with Crippen molar-refractivity contribution in [2.45, 2.75) is 59.4 Å². The van der Waals surface area contributed by atoms with Crippen molar-refractivity contribution in [3.8, 4) is 11.5 Å². The molecule has 3 aromatic rings. The van der Waals surface area contributed by atoms with Crippen molar-refractivity contribution >= 4 is 24.2 Å². The molecule has 5 rings (SSSR count).